The van der Waals surface area contributed by atoms with Gasteiger partial charge in [-0.1, -0.05) is 30.3 Å². The first-order chi connectivity index (χ1) is 8.36. The van der Waals surface area contributed by atoms with Crippen LogP contribution in [0.4, 0.5) is 0 Å². The molecule has 0 amide bonds. The molecule has 1 aliphatic rings. The van der Waals surface area contributed by atoms with E-state index >= 15 is 0 Å². The molecule has 0 saturated carbocycles. The van der Waals surface area contributed by atoms with Gasteiger partial charge in [-0.05, 0) is 12.0 Å². The summed E-state index contributed by atoms with van der Waals surface area (Å²) in [7, 11) is 0. The van der Waals surface area contributed by atoms with Crippen LogP contribution in [0.5, 0.6) is 0 Å². The summed E-state index contributed by atoms with van der Waals surface area (Å²) in [5, 5.41) is 3.25. The Morgan fingerprint density at radius 1 is 1.29 bits per heavy atom. The first kappa shape index (κ1) is 12.3. The van der Waals surface area contributed by atoms with Crippen molar-refractivity contribution in [2.24, 2.45) is 5.92 Å². The second-order valence-corrected chi connectivity index (χ2v) is 4.44. The monoisotopic (exact) mass is 233 g/mol. The van der Waals surface area contributed by atoms with Crippen LogP contribution in [0.15, 0.2) is 30.3 Å². The second-order valence-electron chi connectivity index (χ2n) is 4.44. The summed E-state index contributed by atoms with van der Waals surface area (Å²) >= 11 is 0. The molecule has 1 heterocycles. The first-order valence-electron chi connectivity index (χ1n) is 6.21. The number of hydrogen-bond acceptors (Lipinski definition) is 3. The minimum atomic E-state index is 0.152. The number of nitrogens with one attached hydrogen (secondary N) is 1. The van der Waals surface area contributed by atoms with Crippen molar-refractivity contribution < 1.29 is 9.53 Å². The van der Waals surface area contributed by atoms with Gasteiger partial charge in [0.2, 0.25) is 0 Å². The van der Waals surface area contributed by atoms with Gasteiger partial charge < -0.3 is 10.1 Å². The lowest BCUT2D eigenvalue weighted by atomic mass is 9.95. The lowest BCUT2D eigenvalue weighted by Crippen LogP contribution is -2.37. The fourth-order valence-electron chi connectivity index (χ4n) is 2.06. The van der Waals surface area contributed by atoms with E-state index in [4.69, 9.17) is 4.74 Å². The van der Waals surface area contributed by atoms with Gasteiger partial charge in [0.25, 0.3) is 0 Å². The second kappa shape index (κ2) is 6.52. The van der Waals surface area contributed by atoms with Crippen LogP contribution < -0.4 is 5.32 Å². The van der Waals surface area contributed by atoms with E-state index in [9.17, 15) is 4.79 Å². The quantitative estimate of drug-likeness (QED) is 0.788. The minimum Gasteiger partial charge on any atom is -0.377 e. The summed E-state index contributed by atoms with van der Waals surface area (Å²) in [5.41, 5.74) is 1.18. The molecule has 92 valence electrons. The number of carbonyl (C=O) groups is 1. The van der Waals surface area contributed by atoms with Crippen LogP contribution in [-0.4, -0.2) is 25.5 Å². The van der Waals surface area contributed by atoms with Crippen molar-refractivity contribution in [3.05, 3.63) is 35.9 Å². The molecule has 1 aliphatic heterocycles. The van der Waals surface area contributed by atoms with Crippen molar-refractivity contribution in [3.8, 4) is 0 Å². The number of ether oxygens (including phenoxy) is 1. The molecule has 0 aromatic heterocycles. The molecule has 17 heavy (non-hydrogen) atoms. The van der Waals surface area contributed by atoms with Crippen LogP contribution in [0.3, 0.4) is 0 Å². The van der Waals surface area contributed by atoms with Crippen LogP contribution in [0.2, 0.25) is 0 Å². The Bertz CT molecular complexity index is 350. The normalized spacial score (nSPS) is 20.5. The summed E-state index contributed by atoms with van der Waals surface area (Å²) < 4.78 is 5.59. The molecule has 3 nitrogen and oxygen atoms in total. The predicted octanol–water partition coefficient (Wildman–Crippen LogP) is 1.77. The maximum absolute atomic E-state index is 11.6. The van der Waals surface area contributed by atoms with Crippen molar-refractivity contribution in [1.29, 1.82) is 0 Å². The fraction of sp³-hybridized carbons (Fsp3) is 0.500. The standard InChI is InChI=1S/C14H19NO2/c16-14-6-8-15-10-13(14)7-9-17-11-12-4-2-1-3-5-12/h1-5,13,15H,6-11H2. The Kier molecular flexibility index (Phi) is 4.71. The lowest BCUT2D eigenvalue weighted by molar-refractivity contribution is -0.124. The van der Waals surface area contributed by atoms with Gasteiger partial charge in [0.15, 0.2) is 0 Å². The zero-order valence-corrected chi connectivity index (χ0v) is 10.0. The summed E-state index contributed by atoms with van der Waals surface area (Å²) in [5.74, 6) is 0.534. The topological polar surface area (TPSA) is 38.3 Å². The largest absolute Gasteiger partial charge is 0.377 e. The highest BCUT2D eigenvalue weighted by molar-refractivity contribution is 5.82. The highest BCUT2D eigenvalue weighted by Crippen LogP contribution is 2.11. The Labute approximate surface area is 102 Å². The third-order valence-electron chi connectivity index (χ3n) is 3.12. The third-order valence-corrected chi connectivity index (χ3v) is 3.12. The van der Waals surface area contributed by atoms with Crippen molar-refractivity contribution in [3.63, 3.8) is 0 Å². The molecule has 0 aliphatic carbocycles. The van der Waals surface area contributed by atoms with E-state index in [2.05, 4.69) is 5.32 Å². The molecule has 1 N–H and O–H groups in total. The fourth-order valence-corrected chi connectivity index (χ4v) is 2.06. The van der Waals surface area contributed by atoms with E-state index < -0.39 is 0 Å². The Morgan fingerprint density at radius 2 is 2.12 bits per heavy atom. The number of rotatable bonds is 5. The van der Waals surface area contributed by atoms with Crippen LogP contribution in [-0.2, 0) is 16.1 Å². The van der Waals surface area contributed by atoms with E-state index in [-0.39, 0.29) is 5.92 Å². The highest BCUT2D eigenvalue weighted by Gasteiger charge is 2.21. The summed E-state index contributed by atoms with van der Waals surface area (Å²) in [4.78, 5) is 11.6. The lowest BCUT2D eigenvalue weighted by Gasteiger charge is -2.21. The molecule has 1 aromatic carbocycles. The maximum Gasteiger partial charge on any atom is 0.138 e. The van der Waals surface area contributed by atoms with E-state index in [1.165, 1.54) is 5.56 Å². The van der Waals surface area contributed by atoms with E-state index in [0.29, 0.717) is 25.4 Å². The predicted molar refractivity (Wildman–Crippen MR) is 66.7 cm³/mol. The van der Waals surface area contributed by atoms with Gasteiger partial charge in [0, 0.05) is 32.0 Å². The van der Waals surface area contributed by atoms with Gasteiger partial charge in [-0.3, -0.25) is 4.79 Å². The van der Waals surface area contributed by atoms with Crippen molar-refractivity contribution in [1.82, 2.24) is 5.32 Å². The van der Waals surface area contributed by atoms with Crippen LogP contribution in [0.25, 0.3) is 0 Å². The first-order valence-corrected chi connectivity index (χ1v) is 6.21. The van der Waals surface area contributed by atoms with Gasteiger partial charge in [-0.2, -0.15) is 0 Å². The molecule has 0 spiro atoms. The molecule has 2 rings (SSSR count). The van der Waals surface area contributed by atoms with E-state index in [1.54, 1.807) is 0 Å². The van der Waals surface area contributed by atoms with Crippen LogP contribution >= 0.6 is 0 Å². The Morgan fingerprint density at radius 3 is 2.88 bits per heavy atom. The number of Topliss-reactive ketones (excluding diaryl/α,β-unsaturated/α-hetero) is 1. The summed E-state index contributed by atoms with van der Waals surface area (Å²) in [6, 6.07) is 10.1. The summed E-state index contributed by atoms with van der Waals surface area (Å²) in [6.45, 7) is 2.94. The summed E-state index contributed by atoms with van der Waals surface area (Å²) in [6.07, 6.45) is 1.50. The molecule has 1 atom stereocenters. The smallest absolute Gasteiger partial charge is 0.138 e. The van der Waals surface area contributed by atoms with Gasteiger partial charge in [-0.25, -0.2) is 0 Å². The Balaban J connectivity index is 1.64. The molecule has 1 unspecified atom stereocenters. The van der Waals surface area contributed by atoms with E-state index in [1.807, 2.05) is 30.3 Å². The van der Waals surface area contributed by atoms with Gasteiger partial charge in [-0.15, -0.1) is 0 Å². The average molecular weight is 233 g/mol. The molecule has 1 aromatic rings. The average Bonchev–Trinajstić information content (AvgIpc) is 2.38. The number of benzene rings is 1. The SMILES string of the molecule is O=C1CCNCC1CCOCc1ccccc1. The Hall–Kier alpha value is -1.19. The van der Waals surface area contributed by atoms with Gasteiger partial charge >= 0.3 is 0 Å². The molecular weight excluding hydrogens is 214 g/mol. The maximum atomic E-state index is 11.6. The van der Waals surface area contributed by atoms with Crippen molar-refractivity contribution >= 4 is 5.78 Å². The molecular formula is C14H19NO2. The minimum absolute atomic E-state index is 0.152. The highest BCUT2D eigenvalue weighted by atomic mass is 16.5. The molecule has 3 heteroatoms. The molecule has 1 saturated heterocycles. The van der Waals surface area contributed by atoms with Crippen LogP contribution in [0, 0.1) is 5.92 Å². The zero-order valence-electron chi connectivity index (χ0n) is 10.0. The van der Waals surface area contributed by atoms with Gasteiger partial charge in [0.1, 0.15) is 5.78 Å². The zero-order chi connectivity index (χ0) is 11.9. The number of hydrogen-bond donors (Lipinski definition) is 1. The van der Waals surface area contributed by atoms with Crippen molar-refractivity contribution in [2.75, 3.05) is 19.7 Å². The molecule has 0 bridgehead atoms. The molecule has 1 fully saturated rings. The number of piperidine rings is 1. The molecule has 0 radical (unpaired) electrons. The van der Waals surface area contributed by atoms with E-state index in [0.717, 1.165) is 19.5 Å². The van der Waals surface area contributed by atoms with Crippen molar-refractivity contribution in [2.45, 2.75) is 19.4 Å². The van der Waals surface area contributed by atoms with Crippen LogP contribution in [0.1, 0.15) is 18.4 Å². The number of carbonyl (C=O) groups excluding carboxylic acids is 1. The van der Waals surface area contributed by atoms with Gasteiger partial charge in [0.05, 0.1) is 6.61 Å². The number of ketones is 1. The third kappa shape index (κ3) is 3.95.